The largest absolute Gasteiger partial charge is 0.433 e. The molecule has 7 nitrogen and oxygen atoms in total. The Balaban J connectivity index is 1.47. The molecule has 29 heavy (non-hydrogen) atoms. The first-order valence-electron chi connectivity index (χ1n) is 9.41. The number of likely N-dealkylation sites (tertiary alicyclic amines) is 1. The molecule has 0 N–H and O–H groups in total. The highest BCUT2D eigenvalue weighted by molar-refractivity contribution is 7.89. The smallest absolute Gasteiger partial charge is 0.382 e. The molecule has 0 bridgehead atoms. The van der Waals surface area contributed by atoms with E-state index >= 15 is 0 Å². The molecule has 0 radical (unpaired) electrons. The molecular formula is C18H26F3N3O4S. The van der Waals surface area contributed by atoms with Crippen molar-refractivity contribution in [2.75, 3.05) is 59.7 Å². The van der Waals surface area contributed by atoms with Gasteiger partial charge in [-0.15, -0.1) is 0 Å². The molecule has 0 amide bonds. The normalized spacial score (nSPS) is 19.9. The summed E-state index contributed by atoms with van der Waals surface area (Å²) in [5.74, 6) is 0. The third-order valence-corrected chi connectivity index (χ3v) is 7.21. The van der Waals surface area contributed by atoms with Gasteiger partial charge in [0.2, 0.25) is 10.0 Å². The number of methoxy groups -OCH3 is 1. The molecule has 3 rings (SSSR count). The van der Waals surface area contributed by atoms with Gasteiger partial charge in [-0.1, -0.05) is 0 Å². The molecule has 0 aromatic carbocycles. The van der Waals surface area contributed by atoms with Crippen LogP contribution in [0.15, 0.2) is 17.0 Å². The van der Waals surface area contributed by atoms with Crippen molar-refractivity contribution in [3.63, 3.8) is 0 Å². The van der Waals surface area contributed by atoms with Gasteiger partial charge in [-0.05, 0) is 25.5 Å². The van der Waals surface area contributed by atoms with Crippen LogP contribution >= 0.6 is 0 Å². The van der Waals surface area contributed by atoms with Crippen molar-refractivity contribution in [1.29, 1.82) is 0 Å². The maximum atomic E-state index is 12.8. The van der Waals surface area contributed by atoms with Crippen LogP contribution < -0.4 is 0 Å². The van der Waals surface area contributed by atoms with E-state index in [1.54, 1.807) is 7.11 Å². The summed E-state index contributed by atoms with van der Waals surface area (Å²) in [7, 11) is -2.21. The number of aromatic nitrogens is 1. The first kappa shape index (κ1) is 22.4. The maximum Gasteiger partial charge on any atom is 0.433 e. The van der Waals surface area contributed by atoms with Gasteiger partial charge in [0.1, 0.15) is 10.6 Å². The highest BCUT2D eigenvalue weighted by Gasteiger charge is 2.55. The third-order valence-electron chi connectivity index (χ3n) is 5.28. The quantitative estimate of drug-likeness (QED) is 0.549. The number of rotatable bonds is 9. The third kappa shape index (κ3) is 4.91. The van der Waals surface area contributed by atoms with E-state index < -0.39 is 21.9 Å². The van der Waals surface area contributed by atoms with Gasteiger partial charge in [-0.3, -0.25) is 0 Å². The zero-order valence-corrected chi connectivity index (χ0v) is 17.4. The van der Waals surface area contributed by atoms with E-state index in [9.17, 15) is 21.6 Å². The fraction of sp³-hybridized carbons (Fsp3) is 0.722. The van der Waals surface area contributed by atoms with E-state index in [2.05, 4.69) is 9.88 Å². The average Bonchev–Trinajstić information content (AvgIpc) is 2.56. The number of sulfonamides is 1. The van der Waals surface area contributed by atoms with Crippen LogP contribution in [0.1, 0.15) is 17.8 Å². The summed E-state index contributed by atoms with van der Waals surface area (Å²) in [6, 6.07) is 1.72. The lowest BCUT2D eigenvalue weighted by atomic mass is 9.74. The Bertz CT molecular complexity index is 818. The molecule has 1 spiro atoms. The van der Waals surface area contributed by atoms with Gasteiger partial charge in [-0.2, -0.15) is 17.5 Å². The van der Waals surface area contributed by atoms with E-state index in [0.717, 1.165) is 38.2 Å². The van der Waals surface area contributed by atoms with Gasteiger partial charge in [0.25, 0.3) is 0 Å². The van der Waals surface area contributed by atoms with Crippen LogP contribution in [0.2, 0.25) is 0 Å². The van der Waals surface area contributed by atoms with Crippen LogP contribution in [0.4, 0.5) is 13.2 Å². The van der Waals surface area contributed by atoms with Crippen LogP contribution in [0.25, 0.3) is 0 Å². The molecule has 3 heterocycles. The zero-order chi connectivity index (χ0) is 21.3. The summed E-state index contributed by atoms with van der Waals surface area (Å²) in [5, 5.41) is 0. The maximum absolute atomic E-state index is 12.8. The van der Waals surface area contributed by atoms with Crippen molar-refractivity contribution >= 4 is 10.0 Å². The summed E-state index contributed by atoms with van der Waals surface area (Å²) in [6.07, 6.45) is -3.70. The second-order valence-electron chi connectivity index (χ2n) is 7.72. The molecule has 2 aliphatic heterocycles. The van der Waals surface area contributed by atoms with E-state index in [4.69, 9.17) is 9.47 Å². The summed E-state index contributed by atoms with van der Waals surface area (Å²) < 4.78 is 75.4. The van der Waals surface area contributed by atoms with Crippen molar-refractivity contribution in [2.24, 2.45) is 5.41 Å². The molecule has 1 aromatic rings. The molecule has 2 fully saturated rings. The minimum Gasteiger partial charge on any atom is -0.382 e. The van der Waals surface area contributed by atoms with Gasteiger partial charge in [0, 0.05) is 51.9 Å². The van der Waals surface area contributed by atoms with Gasteiger partial charge in [0.05, 0.1) is 18.9 Å². The number of hydrogen-bond acceptors (Lipinski definition) is 6. The Hall–Kier alpha value is -1.27. The number of aryl methyl sites for hydroxylation is 1. The lowest BCUT2D eigenvalue weighted by Crippen LogP contribution is -2.72. The Labute approximate surface area is 168 Å². The molecule has 1 aromatic heterocycles. The van der Waals surface area contributed by atoms with Crippen LogP contribution in [0.3, 0.4) is 0 Å². The minimum absolute atomic E-state index is 0.0444. The Morgan fingerprint density at radius 2 is 1.83 bits per heavy atom. The van der Waals surface area contributed by atoms with Crippen molar-refractivity contribution < 1.29 is 31.1 Å². The van der Waals surface area contributed by atoms with E-state index in [0.29, 0.717) is 32.9 Å². The Morgan fingerprint density at radius 1 is 1.14 bits per heavy atom. The molecular weight excluding hydrogens is 411 g/mol. The van der Waals surface area contributed by atoms with Gasteiger partial charge in [-0.25, -0.2) is 13.4 Å². The summed E-state index contributed by atoms with van der Waals surface area (Å²) in [5.41, 5.74) is -1.27. The molecule has 2 saturated heterocycles. The number of ether oxygens (including phenoxy) is 2. The van der Waals surface area contributed by atoms with E-state index in [1.165, 1.54) is 11.2 Å². The number of nitrogens with zero attached hydrogens (tertiary/aromatic N) is 3. The lowest BCUT2D eigenvalue weighted by Gasteiger charge is -2.59. The zero-order valence-electron chi connectivity index (χ0n) is 16.5. The molecule has 11 heteroatoms. The molecule has 0 aliphatic carbocycles. The molecule has 0 atom stereocenters. The van der Waals surface area contributed by atoms with Crippen molar-refractivity contribution in [3.05, 3.63) is 23.5 Å². The second-order valence-corrected chi connectivity index (χ2v) is 9.63. The van der Waals surface area contributed by atoms with Crippen LogP contribution in [0.5, 0.6) is 0 Å². The van der Waals surface area contributed by atoms with E-state index in [-0.39, 0.29) is 16.0 Å². The Morgan fingerprint density at radius 3 is 2.41 bits per heavy atom. The van der Waals surface area contributed by atoms with Crippen molar-refractivity contribution in [1.82, 2.24) is 14.2 Å². The van der Waals surface area contributed by atoms with Gasteiger partial charge < -0.3 is 14.4 Å². The molecule has 0 unspecified atom stereocenters. The summed E-state index contributed by atoms with van der Waals surface area (Å²) >= 11 is 0. The Kier molecular flexibility index (Phi) is 6.54. The molecule has 164 valence electrons. The highest BCUT2D eigenvalue weighted by atomic mass is 32.2. The lowest BCUT2D eigenvalue weighted by molar-refractivity contribution is -0.141. The number of hydrogen-bond donors (Lipinski definition) is 0. The van der Waals surface area contributed by atoms with Gasteiger partial charge in [0.15, 0.2) is 0 Å². The second kappa shape index (κ2) is 8.46. The summed E-state index contributed by atoms with van der Waals surface area (Å²) in [6.45, 7) is 6.40. The minimum atomic E-state index is -4.60. The number of halogens is 3. The first-order chi connectivity index (χ1) is 13.6. The van der Waals surface area contributed by atoms with Gasteiger partial charge >= 0.3 is 6.18 Å². The van der Waals surface area contributed by atoms with Crippen LogP contribution in [-0.2, 0) is 25.7 Å². The average molecular weight is 437 g/mol. The molecule has 0 saturated carbocycles. The van der Waals surface area contributed by atoms with Crippen LogP contribution in [0, 0.1) is 12.3 Å². The topological polar surface area (TPSA) is 72.0 Å². The predicted molar refractivity (Wildman–Crippen MR) is 98.9 cm³/mol. The standard InChI is InChI=1S/C18H26F3N3O4S/c1-14-15(4-5-16(22-14)18(19,20)21)29(25,26)24-12-17(13-24)10-23(11-17)6-3-7-28-9-8-27-2/h4-5H,3,6-13H2,1-2H3. The fourth-order valence-electron chi connectivity index (χ4n) is 3.88. The predicted octanol–water partition coefficient (Wildman–Crippen LogP) is 1.77. The summed E-state index contributed by atoms with van der Waals surface area (Å²) in [4.78, 5) is 5.53. The molecule has 2 aliphatic rings. The van der Waals surface area contributed by atoms with Crippen molar-refractivity contribution in [3.8, 4) is 0 Å². The number of alkyl halides is 3. The SMILES string of the molecule is COCCOCCCN1CC2(C1)CN(S(=O)(=O)c1ccc(C(F)(F)F)nc1C)C2. The highest BCUT2D eigenvalue weighted by Crippen LogP contribution is 2.42. The van der Waals surface area contributed by atoms with E-state index in [1.807, 2.05) is 0 Å². The fourth-order valence-corrected chi connectivity index (χ4v) is 5.71. The first-order valence-corrected chi connectivity index (χ1v) is 10.9. The number of pyridine rings is 1. The van der Waals surface area contributed by atoms with Crippen molar-refractivity contribution in [2.45, 2.75) is 24.4 Å². The monoisotopic (exact) mass is 437 g/mol. The van der Waals surface area contributed by atoms with Crippen LogP contribution in [-0.4, -0.2) is 82.3 Å².